The SMILES string of the molecule is Cc1cc(C)c2c(c1)c(C)cc1nnc(SCCN3CCCCC3)n12. The fourth-order valence-corrected chi connectivity index (χ4v) is 4.90. The zero-order valence-corrected chi connectivity index (χ0v) is 16.2. The zero-order chi connectivity index (χ0) is 17.4. The highest BCUT2D eigenvalue weighted by atomic mass is 32.2. The molecule has 0 atom stereocenters. The minimum Gasteiger partial charge on any atom is -0.303 e. The van der Waals surface area contributed by atoms with Gasteiger partial charge in [0.1, 0.15) is 0 Å². The molecule has 4 nitrogen and oxygen atoms in total. The average Bonchev–Trinajstić information content (AvgIpc) is 2.98. The van der Waals surface area contributed by atoms with Crippen LogP contribution >= 0.6 is 11.8 Å². The van der Waals surface area contributed by atoms with Crippen LogP contribution < -0.4 is 0 Å². The number of aryl methyl sites for hydroxylation is 3. The molecule has 132 valence electrons. The van der Waals surface area contributed by atoms with Crippen molar-refractivity contribution >= 4 is 28.3 Å². The summed E-state index contributed by atoms with van der Waals surface area (Å²) in [5.41, 5.74) is 6.08. The number of likely N-dealkylation sites (tertiary alicyclic amines) is 1. The third-order valence-corrected chi connectivity index (χ3v) is 6.09. The summed E-state index contributed by atoms with van der Waals surface area (Å²) in [6.07, 6.45) is 4.09. The van der Waals surface area contributed by atoms with Gasteiger partial charge in [-0.15, -0.1) is 10.2 Å². The Morgan fingerprint density at radius 2 is 1.76 bits per heavy atom. The standard InChI is InChI=1S/C20H26N4S/c1-14-11-16(3)19-17(12-14)15(2)13-18-21-22-20(24(18)19)25-10-9-23-7-5-4-6-8-23/h11-13H,4-10H2,1-3H3. The number of fused-ring (bicyclic) bond motifs is 3. The molecule has 0 unspecified atom stereocenters. The van der Waals surface area contributed by atoms with E-state index >= 15 is 0 Å². The molecule has 0 spiro atoms. The summed E-state index contributed by atoms with van der Waals surface area (Å²) in [7, 11) is 0. The van der Waals surface area contributed by atoms with Gasteiger partial charge < -0.3 is 4.90 Å². The molecule has 0 saturated carbocycles. The molecule has 1 aliphatic heterocycles. The number of aromatic nitrogens is 3. The van der Waals surface area contributed by atoms with E-state index in [2.05, 4.69) is 58.5 Å². The van der Waals surface area contributed by atoms with Gasteiger partial charge in [0.05, 0.1) is 5.52 Å². The molecular weight excluding hydrogens is 328 g/mol. The fraction of sp³-hybridized carbons (Fsp3) is 0.500. The van der Waals surface area contributed by atoms with Gasteiger partial charge in [0.15, 0.2) is 10.8 Å². The average molecular weight is 355 g/mol. The third-order valence-electron chi connectivity index (χ3n) is 5.18. The molecule has 5 heteroatoms. The Morgan fingerprint density at radius 1 is 0.960 bits per heavy atom. The predicted molar refractivity (Wildman–Crippen MR) is 106 cm³/mol. The maximum Gasteiger partial charge on any atom is 0.196 e. The zero-order valence-electron chi connectivity index (χ0n) is 15.4. The van der Waals surface area contributed by atoms with E-state index in [0.717, 1.165) is 23.1 Å². The lowest BCUT2D eigenvalue weighted by molar-refractivity contribution is 0.242. The first kappa shape index (κ1) is 16.9. The minimum absolute atomic E-state index is 0.956. The maximum atomic E-state index is 4.49. The van der Waals surface area contributed by atoms with Crippen LogP contribution in [0.2, 0.25) is 0 Å². The van der Waals surface area contributed by atoms with Crippen LogP contribution in [0.25, 0.3) is 16.6 Å². The lowest BCUT2D eigenvalue weighted by atomic mass is 10.0. The number of hydrogen-bond donors (Lipinski definition) is 0. The molecule has 1 fully saturated rings. The van der Waals surface area contributed by atoms with Crippen molar-refractivity contribution < 1.29 is 0 Å². The Balaban J connectivity index is 1.66. The number of piperidine rings is 1. The first-order valence-corrected chi connectivity index (χ1v) is 10.2. The fourth-order valence-electron chi connectivity index (χ4n) is 3.96. The summed E-state index contributed by atoms with van der Waals surface area (Å²) in [6.45, 7) is 10.2. The first-order valence-electron chi connectivity index (χ1n) is 9.24. The Labute approximate surface area is 153 Å². The number of nitrogens with zero attached hydrogens (tertiary/aromatic N) is 4. The van der Waals surface area contributed by atoms with E-state index in [1.807, 2.05) is 11.8 Å². The quantitative estimate of drug-likeness (QED) is 0.651. The van der Waals surface area contributed by atoms with Gasteiger partial charge in [-0.05, 0) is 70.0 Å². The highest BCUT2D eigenvalue weighted by Crippen LogP contribution is 2.29. The van der Waals surface area contributed by atoms with E-state index in [1.54, 1.807) is 0 Å². The molecular formula is C20H26N4S. The van der Waals surface area contributed by atoms with Crippen molar-refractivity contribution in [2.75, 3.05) is 25.4 Å². The van der Waals surface area contributed by atoms with E-state index in [1.165, 1.54) is 59.9 Å². The summed E-state index contributed by atoms with van der Waals surface area (Å²) in [6, 6.07) is 6.69. The van der Waals surface area contributed by atoms with Crippen molar-refractivity contribution in [3.8, 4) is 0 Å². The highest BCUT2D eigenvalue weighted by Gasteiger charge is 2.15. The Kier molecular flexibility index (Phi) is 4.69. The minimum atomic E-state index is 0.956. The van der Waals surface area contributed by atoms with Crippen LogP contribution in [-0.2, 0) is 0 Å². The number of hydrogen-bond acceptors (Lipinski definition) is 4. The second-order valence-corrected chi connectivity index (χ2v) is 8.29. The Morgan fingerprint density at radius 3 is 2.56 bits per heavy atom. The van der Waals surface area contributed by atoms with Crippen LogP contribution in [0.15, 0.2) is 23.4 Å². The van der Waals surface area contributed by atoms with E-state index in [9.17, 15) is 0 Å². The van der Waals surface area contributed by atoms with Crippen molar-refractivity contribution in [2.24, 2.45) is 0 Å². The van der Waals surface area contributed by atoms with Crippen molar-refractivity contribution in [2.45, 2.75) is 45.2 Å². The predicted octanol–water partition coefficient (Wildman–Crippen LogP) is 4.39. The maximum absolute atomic E-state index is 4.49. The summed E-state index contributed by atoms with van der Waals surface area (Å²) in [5.74, 6) is 1.07. The Hall–Kier alpha value is -1.59. The number of benzene rings is 1. The largest absolute Gasteiger partial charge is 0.303 e. The van der Waals surface area contributed by atoms with E-state index in [4.69, 9.17) is 0 Å². The van der Waals surface area contributed by atoms with Gasteiger partial charge in [-0.3, -0.25) is 4.40 Å². The molecule has 1 saturated heterocycles. The van der Waals surface area contributed by atoms with Gasteiger partial charge >= 0.3 is 0 Å². The molecule has 1 aromatic carbocycles. The van der Waals surface area contributed by atoms with Crippen LogP contribution in [0.1, 0.15) is 36.0 Å². The smallest absolute Gasteiger partial charge is 0.196 e. The summed E-state index contributed by atoms with van der Waals surface area (Å²) in [4.78, 5) is 2.58. The molecule has 2 aromatic heterocycles. The van der Waals surface area contributed by atoms with E-state index in [0.29, 0.717) is 0 Å². The lowest BCUT2D eigenvalue weighted by Crippen LogP contribution is -2.31. The van der Waals surface area contributed by atoms with E-state index < -0.39 is 0 Å². The van der Waals surface area contributed by atoms with Crippen molar-refractivity contribution in [1.82, 2.24) is 19.5 Å². The van der Waals surface area contributed by atoms with Crippen molar-refractivity contribution in [3.05, 3.63) is 34.9 Å². The van der Waals surface area contributed by atoms with Crippen molar-refractivity contribution in [1.29, 1.82) is 0 Å². The second-order valence-electron chi connectivity index (χ2n) is 7.23. The number of thioether (sulfide) groups is 1. The van der Waals surface area contributed by atoms with E-state index in [-0.39, 0.29) is 0 Å². The first-order chi connectivity index (χ1) is 12.1. The molecule has 3 heterocycles. The summed E-state index contributed by atoms with van der Waals surface area (Å²) >= 11 is 1.83. The molecule has 25 heavy (non-hydrogen) atoms. The summed E-state index contributed by atoms with van der Waals surface area (Å²) in [5, 5.41) is 11.3. The number of rotatable bonds is 4. The molecule has 0 radical (unpaired) electrons. The highest BCUT2D eigenvalue weighted by molar-refractivity contribution is 7.99. The van der Waals surface area contributed by atoms with Crippen LogP contribution in [0.3, 0.4) is 0 Å². The van der Waals surface area contributed by atoms with Gasteiger partial charge in [-0.1, -0.05) is 29.8 Å². The molecule has 0 amide bonds. The topological polar surface area (TPSA) is 33.4 Å². The van der Waals surface area contributed by atoms with Crippen LogP contribution in [0.4, 0.5) is 0 Å². The molecule has 1 aliphatic rings. The molecule has 0 aliphatic carbocycles. The monoisotopic (exact) mass is 354 g/mol. The molecule has 0 N–H and O–H groups in total. The Bertz CT molecular complexity index is 909. The van der Waals surface area contributed by atoms with Crippen LogP contribution in [0, 0.1) is 20.8 Å². The molecule has 3 aromatic rings. The lowest BCUT2D eigenvalue weighted by Gasteiger charge is -2.25. The normalized spacial score (nSPS) is 16.1. The molecule has 4 rings (SSSR count). The van der Waals surface area contributed by atoms with Gasteiger partial charge in [0.25, 0.3) is 0 Å². The van der Waals surface area contributed by atoms with Gasteiger partial charge in [-0.2, -0.15) is 0 Å². The van der Waals surface area contributed by atoms with Gasteiger partial charge in [0.2, 0.25) is 0 Å². The third kappa shape index (κ3) is 3.27. The van der Waals surface area contributed by atoms with Crippen LogP contribution in [-0.4, -0.2) is 44.9 Å². The van der Waals surface area contributed by atoms with Gasteiger partial charge in [0, 0.05) is 17.7 Å². The second kappa shape index (κ2) is 6.96. The molecule has 0 bridgehead atoms. The van der Waals surface area contributed by atoms with Crippen LogP contribution in [0.5, 0.6) is 0 Å². The van der Waals surface area contributed by atoms with Gasteiger partial charge in [-0.25, -0.2) is 0 Å². The number of pyridine rings is 1. The summed E-state index contributed by atoms with van der Waals surface area (Å²) < 4.78 is 2.25. The van der Waals surface area contributed by atoms with Crippen molar-refractivity contribution in [3.63, 3.8) is 0 Å².